The van der Waals surface area contributed by atoms with Crippen LogP contribution in [0.15, 0.2) is 48.3 Å². The molecule has 148 valence electrons. The van der Waals surface area contributed by atoms with Gasteiger partial charge in [0, 0.05) is 25.0 Å². The van der Waals surface area contributed by atoms with Gasteiger partial charge in [0.25, 0.3) is 11.9 Å². The molecule has 0 bridgehead atoms. The van der Waals surface area contributed by atoms with Crippen LogP contribution in [0.3, 0.4) is 0 Å². The molecule has 1 N–H and O–H groups in total. The Hall–Kier alpha value is -3.62. The van der Waals surface area contributed by atoms with Gasteiger partial charge in [-0.05, 0) is 47.9 Å². The Balaban J connectivity index is 1.49. The monoisotopic (exact) mass is 393 g/mol. The quantitative estimate of drug-likeness (QED) is 0.733. The number of tetrazole rings is 1. The minimum Gasteiger partial charge on any atom is -0.334 e. The van der Waals surface area contributed by atoms with E-state index in [-0.39, 0.29) is 5.56 Å². The molecular weight excluding hydrogens is 373 g/mol. The van der Waals surface area contributed by atoms with Crippen LogP contribution in [0.2, 0.25) is 0 Å². The summed E-state index contributed by atoms with van der Waals surface area (Å²) in [6, 6.07) is 8.87. The molecule has 0 spiro atoms. The molecule has 29 heavy (non-hydrogen) atoms. The van der Waals surface area contributed by atoms with Crippen molar-refractivity contribution in [2.45, 2.75) is 13.3 Å². The molecule has 1 amide bonds. The number of aryl methyl sites for hydroxylation is 1. The second kappa shape index (κ2) is 7.78. The lowest BCUT2D eigenvalue weighted by Gasteiger charge is -2.29. The van der Waals surface area contributed by atoms with Gasteiger partial charge in [-0.25, -0.2) is 4.39 Å². The second-order valence-corrected chi connectivity index (χ2v) is 6.90. The summed E-state index contributed by atoms with van der Waals surface area (Å²) < 4.78 is 13.7. The van der Waals surface area contributed by atoms with Crippen LogP contribution in [-0.4, -0.2) is 44.2 Å². The van der Waals surface area contributed by atoms with E-state index in [1.807, 2.05) is 24.3 Å². The lowest BCUT2D eigenvalue weighted by atomic mass is 9.95. The van der Waals surface area contributed by atoms with E-state index in [2.05, 4.69) is 37.5 Å². The number of hydrogen-bond acceptors (Lipinski definition) is 6. The highest BCUT2D eigenvalue weighted by Crippen LogP contribution is 2.28. The molecule has 0 unspecified atom stereocenters. The van der Waals surface area contributed by atoms with Crippen molar-refractivity contribution in [3.05, 3.63) is 65.2 Å². The minimum absolute atomic E-state index is 0.0398. The number of halogens is 1. The zero-order valence-electron chi connectivity index (χ0n) is 16.1. The SMILES string of the molecule is CC1=C(c2ccc(NC(=O)c3ccncc3F)cc2)CN(c2nnn(C)n2)CC1. The highest BCUT2D eigenvalue weighted by atomic mass is 19.1. The molecule has 8 nitrogen and oxygen atoms in total. The van der Waals surface area contributed by atoms with Gasteiger partial charge in [0.2, 0.25) is 0 Å². The number of anilines is 2. The highest BCUT2D eigenvalue weighted by molar-refractivity contribution is 6.04. The molecule has 0 atom stereocenters. The molecule has 0 saturated heterocycles. The predicted molar refractivity (Wildman–Crippen MR) is 107 cm³/mol. The average Bonchev–Trinajstić information content (AvgIpc) is 3.16. The number of hydrogen-bond donors (Lipinski definition) is 1. The van der Waals surface area contributed by atoms with E-state index in [1.165, 1.54) is 28.2 Å². The predicted octanol–water partition coefficient (Wildman–Crippen LogP) is 2.68. The molecule has 0 saturated carbocycles. The molecule has 2 aromatic heterocycles. The van der Waals surface area contributed by atoms with E-state index in [9.17, 15) is 9.18 Å². The third-order valence-corrected chi connectivity index (χ3v) is 4.91. The largest absolute Gasteiger partial charge is 0.334 e. The van der Waals surface area contributed by atoms with Gasteiger partial charge in [-0.15, -0.1) is 5.10 Å². The number of nitrogens with zero attached hydrogens (tertiary/aromatic N) is 6. The Labute approximate surface area is 167 Å². The summed E-state index contributed by atoms with van der Waals surface area (Å²) in [5.74, 6) is -0.548. The number of nitrogens with one attached hydrogen (secondary N) is 1. The van der Waals surface area contributed by atoms with Gasteiger partial charge >= 0.3 is 0 Å². The molecule has 0 fully saturated rings. The third-order valence-electron chi connectivity index (χ3n) is 4.91. The van der Waals surface area contributed by atoms with Crippen LogP contribution in [0, 0.1) is 5.82 Å². The second-order valence-electron chi connectivity index (χ2n) is 6.90. The summed E-state index contributed by atoms with van der Waals surface area (Å²) in [6.07, 6.45) is 3.32. The van der Waals surface area contributed by atoms with E-state index in [1.54, 1.807) is 7.05 Å². The minimum atomic E-state index is -0.651. The molecule has 0 radical (unpaired) electrons. The van der Waals surface area contributed by atoms with Crippen LogP contribution in [0.25, 0.3) is 5.57 Å². The molecule has 1 aliphatic heterocycles. The van der Waals surface area contributed by atoms with E-state index < -0.39 is 11.7 Å². The van der Waals surface area contributed by atoms with Crippen LogP contribution in [0.4, 0.5) is 16.0 Å². The van der Waals surface area contributed by atoms with Gasteiger partial charge in [-0.2, -0.15) is 4.80 Å². The number of carbonyl (C=O) groups is 1. The fourth-order valence-electron chi connectivity index (χ4n) is 3.28. The standard InChI is InChI=1S/C20H20FN7O/c1-13-8-10-28(20-24-26-27(2)25-20)12-17(13)14-3-5-15(6-4-14)23-19(29)16-7-9-22-11-18(16)21/h3-7,9,11H,8,10,12H2,1-2H3,(H,23,29). The Morgan fingerprint density at radius 1 is 1.21 bits per heavy atom. The highest BCUT2D eigenvalue weighted by Gasteiger charge is 2.21. The first-order valence-electron chi connectivity index (χ1n) is 9.20. The fraction of sp³-hybridized carbons (Fsp3) is 0.250. The van der Waals surface area contributed by atoms with Gasteiger partial charge in [0.15, 0.2) is 5.82 Å². The lowest BCUT2D eigenvalue weighted by molar-refractivity contribution is 0.102. The smallest absolute Gasteiger partial charge is 0.266 e. The number of carbonyl (C=O) groups excluding carboxylic acids is 1. The van der Waals surface area contributed by atoms with Gasteiger partial charge < -0.3 is 10.2 Å². The van der Waals surface area contributed by atoms with Crippen molar-refractivity contribution in [2.24, 2.45) is 7.05 Å². The fourth-order valence-corrected chi connectivity index (χ4v) is 3.28. The Bertz CT molecular complexity index is 1070. The van der Waals surface area contributed by atoms with Gasteiger partial charge in [-0.1, -0.05) is 22.8 Å². The molecule has 3 aromatic rings. The maximum Gasteiger partial charge on any atom is 0.266 e. The van der Waals surface area contributed by atoms with Crippen LogP contribution in [0.5, 0.6) is 0 Å². The van der Waals surface area contributed by atoms with Crippen molar-refractivity contribution >= 4 is 23.1 Å². The zero-order chi connectivity index (χ0) is 20.4. The Morgan fingerprint density at radius 3 is 2.69 bits per heavy atom. The summed E-state index contributed by atoms with van der Waals surface area (Å²) in [5, 5.41) is 15.0. The lowest BCUT2D eigenvalue weighted by Crippen LogP contribution is -2.31. The van der Waals surface area contributed by atoms with Crippen LogP contribution < -0.4 is 10.2 Å². The molecular formula is C20H20FN7O. The number of rotatable bonds is 4. The van der Waals surface area contributed by atoms with E-state index in [0.29, 0.717) is 18.2 Å². The number of amides is 1. The van der Waals surface area contributed by atoms with Crippen molar-refractivity contribution in [2.75, 3.05) is 23.3 Å². The molecule has 1 aliphatic rings. The van der Waals surface area contributed by atoms with Gasteiger partial charge in [0.1, 0.15) is 0 Å². The van der Waals surface area contributed by atoms with Crippen LogP contribution in [-0.2, 0) is 7.05 Å². The zero-order valence-corrected chi connectivity index (χ0v) is 16.1. The van der Waals surface area contributed by atoms with E-state index in [4.69, 9.17) is 0 Å². The maximum atomic E-state index is 13.7. The van der Waals surface area contributed by atoms with Gasteiger partial charge in [-0.3, -0.25) is 9.78 Å². The van der Waals surface area contributed by atoms with Crippen LogP contribution >= 0.6 is 0 Å². The number of pyridine rings is 1. The summed E-state index contributed by atoms with van der Waals surface area (Å²) in [7, 11) is 1.74. The van der Waals surface area contributed by atoms with Crippen LogP contribution in [0.1, 0.15) is 29.3 Å². The normalized spacial score (nSPS) is 14.2. The number of benzene rings is 1. The van der Waals surface area contributed by atoms with Gasteiger partial charge in [0.05, 0.1) is 18.8 Å². The van der Waals surface area contributed by atoms with Crippen molar-refractivity contribution in [1.29, 1.82) is 0 Å². The molecule has 0 aliphatic carbocycles. The first kappa shape index (κ1) is 18.7. The first-order chi connectivity index (χ1) is 14.0. The van der Waals surface area contributed by atoms with Crippen molar-refractivity contribution in [3.8, 4) is 0 Å². The van der Waals surface area contributed by atoms with E-state index >= 15 is 0 Å². The number of aromatic nitrogens is 5. The topological polar surface area (TPSA) is 88.8 Å². The maximum absolute atomic E-state index is 13.7. The molecule has 1 aromatic carbocycles. The van der Waals surface area contributed by atoms with E-state index in [0.717, 1.165) is 24.7 Å². The Morgan fingerprint density at radius 2 is 2.00 bits per heavy atom. The third kappa shape index (κ3) is 3.98. The molecule has 9 heteroatoms. The summed E-state index contributed by atoms with van der Waals surface area (Å²) in [6.45, 7) is 3.65. The van der Waals surface area contributed by atoms with Crippen molar-refractivity contribution < 1.29 is 9.18 Å². The first-order valence-corrected chi connectivity index (χ1v) is 9.20. The van der Waals surface area contributed by atoms with Crippen molar-refractivity contribution in [1.82, 2.24) is 25.2 Å². The van der Waals surface area contributed by atoms with Crippen molar-refractivity contribution in [3.63, 3.8) is 0 Å². The molecule has 4 rings (SSSR count). The molecule has 3 heterocycles. The average molecular weight is 393 g/mol. The Kier molecular flexibility index (Phi) is 5.03. The summed E-state index contributed by atoms with van der Waals surface area (Å²) in [4.78, 5) is 19.5. The summed E-state index contributed by atoms with van der Waals surface area (Å²) in [5.41, 5.74) is 4.12. The summed E-state index contributed by atoms with van der Waals surface area (Å²) >= 11 is 0.